The van der Waals surface area contributed by atoms with Crippen molar-refractivity contribution in [1.29, 1.82) is 0 Å². The number of anilines is 3. The van der Waals surface area contributed by atoms with Crippen LogP contribution >= 0.6 is 11.6 Å². The molecular formula is C27H34ClN9O2. The van der Waals surface area contributed by atoms with Gasteiger partial charge in [0.15, 0.2) is 11.3 Å². The van der Waals surface area contributed by atoms with Crippen LogP contribution in [0.1, 0.15) is 61.9 Å². The first-order chi connectivity index (χ1) is 19.0. The Hall–Kier alpha value is -3.44. The standard InChI is InChI=1S/C27H34ClN9O2/c28-23-12-20(8-10-30-23)35-27(39)22-15-31-26-21(32-17-1-2-17)13-24(36-37(22)26)33-18-3-5-19(6-4-18)34-25(38)11-16-7-9-29-14-16/h8,10,12-13,15-19,29,32H,1-7,9,11,14H2,(H,33,36)(H,34,38)(H,30,35,39)/t16-,18-,19-/m1/s1. The fourth-order valence-corrected chi connectivity index (χ4v) is 5.63. The van der Waals surface area contributed by atoms with Gasteiger partial charge in [-0.1, -0.05) is 11.6 Å². The van der Waals surface area contributed by atoms with Crippen molar-refractivity contribution in [2.24, 2.45) is 5.92 Å². The Kier molecular flexibility index (Phi) is 7.51. The number of halogens is 1. The number of pyridine rings is 1. The van der Waals surface area contributed by atoms with Gasteiger partial charge in [0.2, 0.25) is 5.91 Å². The van der Waals surface area contributed by atoms with Crippen LogP contribution in [0.15, 0.2) is 30.6 Å². The Bertz CT molecular complexity index is 1340. The Morgan fingerprint density at radius 3 is 2.51 bits per heavy atom. The van der Waals surface area contributed by atoms with E-state index < -0.39 is 0 Å². The lowest BCUT2D eigenvalue weighted by Crippen LogP contribution is -2.40. The van der Waals surface area contributed by atoms with Gasteiger partial charge in [0.1, 0.15) is 11.0 Å². The Morgan fingerprint density at radius 2 is 1.77 bits per heavy atom. The van der Waals surface area contributed by atoms with Crippen LogP contribution in [0.3, 0.4) is 0 Å². The minimum Gasteiger partial charge on any atom is -0.379 e. The van der Waals surface area contributed by atoms with E-state index in [9.17, 15) is 9.59 Å². The number of aromatic nitrogens is 4. The smallest absolute Gasteiger partial charge is 0.276 e. The monoisotopic (exact) mass is 551 g/mol. The highest BCUT2D eigenvalue weighted by Gasteiger charge is 2.27. The van der Waals surface area contributed by atoms with Crippen molar-refractivity contribution in [1.82, 2.24) is 30.2 Å². The third kappa shape index (κ3) is 6.42. The van der Waals surface area contributed by atoms with Crippen molar-refractivity contribution < 1.29 is 9.59 Å². The van der Waals surface area contributed by atoms with E-state index in [1.165, 1.54) is 12.4 Å². The van der Waals surface area contributed by atoms with Crippen LogP contribution in [0.4, 0.5) is 17.2 Å². The lowest BCUT2D eigenvalue weighted by molar-refractivity contribution is -0.122. The third-order valence-electron chi connectivity index (χ3n) is 7.70. The van der Waals surface area contributed by atoms with E-state index in [0.29, 0.717) is 46.4 Å². The second kappa shape index (κ2) is 11.4. The number of rotatable bonds is 9. The number of amides is 2. The van der Waals surface area contributed by atoms with E-state index in [1.807, 2.05) is 6.07 Å². The normalized spacial score (nSPS) is 22.9. The molecule has 1 saturated heterocycles. The number of imidazole rings is 1. The molecular weight excluding hydrogens is 518 g/mol. The summed E-state index contributed by atoms with van der Waals surface area (Å²) in [6, 6.07) is 6.12. The summed E-state index contributed by atoms with van der Waals surface area (Å²) in [6.45, 7) is 1.95. The van der Waals surface area contributed by atoms with Gasteiger partial charge in [-0.25, -0.2) is 14.5 Å². The van der Waals surface area contributed by atoms with Gasteiger partial charge in [-0.15, -0.1) is 5.10 Å². The first-order valence-corrected chi connectivity index (χ1v) is 14.2. The summed E-state index contributed by atoms with van der Waals surface area (Å²) in [5, 5.41) is 21.6. The predicted octanol–water partition coefficient (Wildman–Crippen LogP) is 3.44. The maximum Gasteiger partial charge on any atom is 0.276 e. The summed E-state index contributed by atoms with van der Waals surface area (Å²) in [5.74, 6) is 0.977. The summed E-state index contributed by atoms with van der Waals surface area (Å²) in [7, 11) is 0. The molecule has 0 spiro atoms. The van der Waals surface area contributed by atoms with Crippen LogP contribution in [-0.4, -0.2) is 62.6 Å². The van der Waals surface area contributed by atoms with Gasteiger partial charge in [-0.05, 0) is 76.1 Å². The summed E-state index contributed by atoms with van der Waals surface area (Å²) < 4.78 is 1.59. The Morgan fingerprint density at radius 1 is 1.00 bits per heavy atom. The molecule has 0 radical (unpaired) electrons. The first kappa shape index (κ1) is 25.8. The Balaban J connectivity index is 1.13. The number of carbonyl (C=O) groups excluding carboxylic acids is 2. The molecule has 3 aliphatic rings. The van der Waals surface area contributed by atoms with Crippen LogP contribution in [0.5, 0.6) is 0 Å². The summed E-state index contributed by atoms with van der Waals surface area (Å²) in [4.78, 5) is 34.1. The first-order valence-electron chi connectivity index (χ1n) is 13.8. The van der Waals surface area contributed by atoms with Crippen LogP contribution in [0, 0.1) is 5.92 Å². The molecule has 3 fully saturated rings. The topological polar surface area (TPSA) is 137 Å². The van der Waals surface area contributed by atoms with Crippen LogP contribution in [-0.2, 0) is 4.79 Å². The molecule has 3 aromatic rings. The summed E-state index contributed by atoms with van der Waals surface area (Å²) >= 11 is 5.97. The second-order valence-corrected chi connectivity index (χ2v) is 11.3. The number of hydrogen-bond acceptors (Lipinski definition) is 8. The van der Waals surface area contributed by atoms with E-state index in [-0.39, 0.29) is 23.9 Å². The molecule has 0 bridgehead atoms. The van der Waals surface area contributed by atoms with E-state index in [1.54, 1.807) is 16.6 Å². The summed E-state index contributed by atoms with van der Waals surface area (Å²) in [6.07, 6.45) is 10.7. The number of nitrogens with one attached hydrogen (secondary N) is 5. The van der Waals surface area contributed by atoms with E-state index in [4.69, 9.17) is 16.7 Å². The SMILES string of the molecule is O=C(C[C@H]1CCNC1)N[C@H]1CC[C@H](Nc2cc(NC3CC3)c3ncc(C(=O)Nc4ccnc(Cl)c4)n3n2)CC1. The zero-order chi connectivity index (χ0) is 26.8. The maximum atomic E-state index is 13.1. The molecule has 0 aromatic carbocycles. The van der Waals surface area contributed by atoms with Crippen LogP contribution in [0.25, 0.3) is 5.65 Å². The van der Waals surface area contributed by atoms with Crippen molar-refractivity contribution >= 4 is 46.3 Å². The molecule has 11 nitrogen and oxygen atoms in total. The Labute approximate surface area is 231 Å². The van der Waals surface area contributed by atoms with Gasteiger partial charge in [0.25, 0.3) is 5.91 Å². The number of nitrogens with zero attached hydrogens (tertiary/aromatic N) is 4. The molecule has 39 heavy (non-hydrogen) atoms. The second-order valence-electron chi connectivity index (χ2n) is 10.9. The number of fused-ring (bicyclic) bond motifs is 1. The lowest BCUT2D eigenvalue weighted by atomic mass is 9.91. The molecule has 5 N–H and O–H groups in total. The molecule has 12 heteroatoms. The van der Waals surface area contributed by atoms with Crippen LogP contribution < -0.4 is 26.6 Å². The van der Waals surface area contributed by atoms with Gasteiger partial charge in [-0.3, -0.25) is 9.59 Å². The fraction of sp³-hybridized carbons (Fsp3) is 0.519. The minimum absolute atomic E-state index is 0.169. The minimum atomic E-state index is -0.337. The molecule has 1 atom stereocenters. The zero-order valence-electron chi connectivity index (χ0n) is 21.8. The highest BCUT2D eigenvalue weighted by atomic mass is 35.5. The largest absolute Gasteiger partial charge is 0.379 e. The highest BCUT2D eigenvalue weighted by molar-refractivity contribution is 6.29. The summed E-state index contributed by atoms with van der Waals surface area (Å²) in [5.41, 5.74) is 2.33. The van der Waals surface area contributed by atoms with E-state index in [0.717, 1.165) is 63.7 Å². The van der Waals surface area contributed by atoms with Gasteiger partial charge >= 0.3 is 0 Å². The lowest BCUT2D eigenvalue weighted by Gasteiger charge is -2.30. The third-order valence-corrected chi connectivity index (χ3v) is 7.91. The van der Waals surface area contributed by atoms with Crippen molar-refractivity contribution in [2.45, 2.75) is 69.5 Å². The fourth-order valence-electron chi connectivity index (χ4n) is 5.45. The quantitative estimate of drug-likeness (QED) is 0.255. The van der Waals surface area contributed by atoms with Crippen LogP contribution in [0.2, 0.25) is 5.15 Å². The molecule has 2 amide bonds. The van der Waals surface area contributed by atoms with Crippen molar-refractivity contribution in [2.75, 3.05) is 29.0 Å². The van der Waals surface area contributed by atoms with Crippen molar-refractivity contribution in [3.8, 4) is 0 Å². The zero-order valence-corrected chi connectivity index (χ0v) is 22.5. The van der Waals surface area contributed by atoms with Gasteiger partial charge in [0, 0.05) is 42.5 Å². The maximum absolute atomic E-state index is 13.1. The average Bonchev–Trinajstić information content (AvgIpc) is 3.38. The van der Waals surface area contributed by atoms with E-state index >= 15 is 0 Å². The molecule has 1 aliphatic heterocycles. The number of hydrogen-bond donors (Lipinski definition) is 5. The molecule has 0 unspecified atom stereocenters. The molecule has 6 rings (SSSR count). The molecule has 4 heterocycles. The van der Waals surface area contributed by atoms with Gasteiger partial charge in [-0.2, -0.15) is 0 Å². The number of carbonyl (C=O) groups is 2. The average molecular weight is 552 g/mol. The molecule has 206 valence electrons. The van der Waals surface area contributed by atoms with Gasteiger partial charge in [0.05, 0.1) is 11.9 Å². The molecule has 2 saturated carbocycles. The predicted molar refractivity (Wildman–Crippen MR) is 150 cm³/mol. The highest BCUT2D eigenvalue weighted by Crippen LogP contribution is 2.30. The van der Waals surface area contributed by atoms with Crippen molar-refractivity contribution in [3.63, 3.8) is 0 Å². The van der Waals surface area contributed by atoms with Crippen molar-refractivity contribution in [3.05, 3.63) is 41.4 Å². The van der Waals surface area contributed by atoms with E-state index in [2.05, 4.69) is 36.6 Å². The molecule has 2 aliphatic carbocycles. The molecule has 3 aromatic heterocycles. The van der Waals surface area contributed by atoms with Gasteiger partial charge < -0.3 is 26.6 Å².